The maximum atomic E-state index is 11.8. The van der Waals surface area contributed by atoms with Gasteiger partial charge in [-0.1, -0.05) is 81.4 Å². The van der Waals surface area contributed by atoms with E-state index in [1.54, 1.807) is 0 Å². The molecule has 0 bridgehead atoms. The largest absolute Gasteiger partial charge is 0.467 e. The molecule has 2 aromatic carbocycles. The number of benzene rings is 2. The fraction of sp³-hybridized carbons (Fsp3) is 0.435. The van der Waals surface area contributed by atoms with Crippen molar-refractivity contribution in [3.63, 3.8) is 0 Å². The van der Waals surface area contributed by atoms with Crippen LogP contribution in [0.2, 0.25) is 5.04 Å². The summed E-state index contributed by atoms with van der Waals surface area (Å²) in [6, 6.07) is 20.6. The van der Waals surface area contributed by atoms with Crippen LogP contribution in [-0.4, -0.2) is 51.4 Å². The van der Waals surface area contributed by atoms with E-state index in [4.69, 9.17) is 13.9 Å². The third-order valence-electron chi connectivity index (χ3n) is 5.57. The minimum atomic E-state index is -2.71. The first-order valence-electron chi connectivity index (χ1n) is 9.96. The molecule has 1 N–H and O–H groups in total. The summed E-state index contributed by atoms with van der Waals surface area (Å²) in [7, 11) is -1.39. The maximum Gasteiger partial charge on any atom is 0.335 e. The van der Waals surface area contributed by atoms with Crippen molar-refractivity contribution in [1.29, 1.82) is 0 Å². The lowest BCUT2D eigenvalue weighted by Gasteiger charge is -2.43. The molecule has 1 aliphatic rings. The van der Waals surface area contributed by atoms with Crippen LogP contribution in [0.25, 0.3) is 0 Å². The van der Waals surface area contributed by atoms with Crippen LogP contribution < -0.4 is 10.4 Å². The average Bonchev–Trinajstić information content (AvgIpc) is 3.09. The normalized spacial score (nSPS) is 22.4. The molecule has 1 aliphatic heterocycles. The zero-order valence-corrected chi connectivity index (χ0v) is 18.5. The van der Waals surface area contributed by atoms with E-state index in [2.05, 4.69) is 45.0 Å². The average molecular weight is 415 g/mol. The maximum absolute atomic E-state index is 11.8. The summed E-state index contributed by atoms with van der Waals surface area (Å²) in [5, 5.41) is 12.6. The monoisotopic (exact) mass is 414 g/mol. The van der Waals surface area contributed by atoms with Crippen molar-refractivity contribution >= 4 is 24.7 Å². The van der Waals surface area contributed by atoms with E-state index in [1.165, 1.54) is 7.11 Å². The summed E-state index contributed by atoms with van der Waals surface area (Å²) in [5.41, 5.74) is 0. The van der Waals surface area contributed by atoms with Crippen molar-refractivity contribution < 1.29 is 23.8 Å². The second-order valence-electron chi connectivity index (χ2n) is 8.46. The fourth-order valence-electron chi connectivity index (χ4n) is 4.13. The zero-order valence-electron chi connectivity index (χ0n) is 17.5. The zero-order chi connectivity index (χ0) is 21.1. The van der Waals surface area contributed by atoms with Crippen LogP contribution in [0.5, 0.6) is 0 Å². The molecule has 0 radical (unpaired) electrons. The second kappa shape index (κ2) is 8.79. The Morgan fingerprint density at radius 3 is 2.03 bits per heavy atom. The van der Waals surface area contributed by atoms with Gasteiger partial charge in [0.25, 0.3) is 8.32 Å². The van der Waals surface area contributed by atoms with Crippen LogP contribution in [0, 0.1) is 0 Å². The molecule has 5 nitrogen and oxygen atoms in total. The Balaban J connectivity index is 1.95. The molecule has 0 saturated carbocycles. The smallest absolute Gasteiger partial charge is 0.335 e. The van der Waals surface area contributed by atoms with Gasteiger partial charge in [0.2, 0.25) is 0 Å². The third kappa shape index (κ3) is 4.30. The number of aliphatic hydroxyl groups excluding tert-OH is 1. The second-order valence-corrected chi connectivity index (χ2v) is 12.8. The van der Waals surface area contributed by atoms with Gasteiger partial charge in [0.1, 0.15) is 6.10 Å². The molecule has 156 valence electrons. The number of aliphatic hydroxyl groups is 1. The summed E-state index contributed by atoms with van der Waals surface area (Å²) < 4.78 is 17.3. The van der Waals surface area contributed by atoms with Crippen LogP contribution >= 0.6 is 0 Å². The predicted molar refractivity (Wildman–Crippen MR) is 115 cm³/mol. The van der Waals surface area contributed by atoms with E-state index >= 15 is 0 Å². The van der Waals surface area contributed by atoms with E-state index in [-0.39, 0.29) is 18.1 Å². The van der Waals surface area contributed by atoms with Crippen molar-refractivity contribution in [1.82, 2.24) is 0 Å². The summed E-state index contributed by atoms with van der Waals surface area (Å²) in [4.78, 5) is 11.8. The topological polar surface area (TPSA) is 65.0 Å². The Labute approximate surface area is 173 Å². The number of carbonyl (C=O) groups excluding carboxylic acids is 1. The van der Waals surface area contributed by atoms with Gasteiger partial charge in [-0.2, -0.15) is 0 Å². The molecule has 3 rings (SSSR count). The lowest BCUT2D eigenvalue weighted by molar-refractivity contribution is -0.153. The minimum absolute atomic E-state index is 0.166. The standard InChI is InChI=1S/C23H30O5Si/c1-23(2,3)29(17-11-7-5-8-12-17,18-13-9-6-10-14-18)27-16-21-19(24)15-20(28-21)22(25)26-4/h5-14,19-21,24H,15-16H2,1-4H3/t19-,20-,21+/m1/s1. The summed E-state index contributed by atoms with van der Waals surface area (Å²) in [6.45, 7) is 6.80. The predicted octanol–water partition coefficient (Wildman–Crippen LogP) is 2.25. The highest BCUT2D eigenvalue weighted by molar-refractivity contribution is 6.99. The molecular weight excluding hydrogens is 384 g/mol. The molecular formula is C23H30O5Si. The number of hydrogen-bond acceptors (Lipinski definition) is 5. The number of esters is 1. The van der Waals surface area contributed by atoms with Gasteiger partial charge in [0.15, 0.2) is 6.10 Å². The molecule has 1 fully saturated rings. The van der Waals surface area contributed by atoms with Crippen LogP contribution in [0.15, 0.2) is 60.7 Å². The number of rotatable bonds is 6. The van der Waals surface area contributed by atoms with Crippen molar-refractivity contribution in [3.8, 4) is 0 Å². The Bertz CT molecular complexity index is 764. The Morgan fingerprint density at radius 1 is 1.07 bits per heavy atom. The highest BCUT2D eigenvalue weighted by Gasteiger charge is 2.51. The lowest BCUT2D eigenvalue weighted by atomic mass is 10.1. The van der Waals surface area contributed by atoms with Crippen molar-refractivity contribution in [3.05, 3.63) is 60.7 Å². The summed E-state index contributed by atoms with van der Waals surface area (Å²) >= 11 is 0. The van der Waals surface area contributed by atoms with Gasteiger partial charge in [-0.25, -0.2) is 4.79 Å². The first-order valence-corrected chi connectivity index (χ1v) is 11.9. The fourth-order valence-corrected chi connectivity index (χ4v) is 8.70. The van der Waals surface area contributed by atoms with Crippen molar-refractivity contribution in [2.45, 2.75) is 50.5 Å². The molecule has 0 aromatic heterocycles. The van der Waals surface area contributed by atoms with Crippen LogP contribution in [0.4, 0.5) is 0 Å². The molecule has 2 aromatic rings. The molecule has 29 heavy (non-hydrogen) atoms. The Kier molecular flexibility index (Phi) is 6.58. The van der Waals surface area contributed by atoms with Gasteiger partial charge in [0, 0.05) is 6.42 Å². The highest BCUT2D eigenvalue weighted by atomic mass is 28.4. The van der Waals surface area contributed by atoms with Gasteiger partial charge in [-0.3, -0.25) is 0 Å². The molecule has 0 aliphatic carbocycles. The first-order chi connectivity index (χ1) is 13.8. The summed E-state index contributed by atoms with van der Waals surface area (Å²) in [5.74, 6) is -0.461. The third-order valence-corrected chi connectivity index (χ3v) is 10.6. The number of ether oxygens (including phenoxy) is 2. The van der Waals surface area contributed by atoms with E-state index in [9.17, 15) is 9.90 Å². The van der Waals surface area contributed by atoms with Crippen molar-refractivity contribution in [2.75, 3.05) is 13.7 Å². The van der Waals surface area contributed by atoms with E-state index < -0.39 is 32.6 Å². The van der Waals surface area contributed by atoms with Crippen molar-refractivity contribution in [2.24, 2.45) is 0 Å². The Hall–Kier alpha value is -1.99. The number of hydrogen-bond donors (Lipinski definition) is 1. The minimum Gasteiger partial charge on any atom is -0.467 e. The van der Waals surface area contributed by atoms with Gasteiger partial charge in [-0.15, -0.1) is 0 Å². The van der Waals surface area contributed by atoms with Gasteiger partial charge in [-0.05, 0) is 15.4 Å². The molecule has 3 atom stereocenters. The van der Waals surface area contributed by atoms with Crippen LogP contribution in [0.3, 0.4) is 0 Å². The Morgan fingerprint density at radius 2 is 1.59 bits per heavy atom. The lowest BCUT2D eigenvalue weighted by Crippen LogP contribution is -2.67. The van der Waals surface area contributed by atoms with Gasteiger partial charge in [0.05, 0.1) is 19.8 Å². The van der Waals surface area contributed by atoms with E-state index in [0.29, 0.717) is 0 Å². The summed E-state index contributed by atoms with van der Waals surface area (Å²) in [6.07, 6.45) is -1.86. The number of methoxy groups -OCH3 is 1. The highest BCUT2D eigenvalue weighted by Crippen LogP contribution is 2.37. The molecule has 0 unspecified atom stereocenters. The first kappa shape index (κ1) is 21.7. The van der Waals surface area contributed by atoms with E-state index in [0.717, 1.165) is 10.4 Å². The molecule has 6 heteroatoms. The van der Waals surface area contributed by atoms with E-state index in [1.807, 2.05) is 36.4 Å². The SMILES string of the molecule is COC(=O)[C@H]1C[C@@H](O)[C@H](CO[Si](c2ccccc2)(c2ccccc2)C(C)(C)C)O1. The molecule has 0 spiro atoms. The quantitative estimate of drug-likeness (QED) is 0.580. The number of carbonyl (C=O) groups is 1. The van der Waals surface area contributed by atoms with Gasteiger partial charge < -0.3 is 19.0 Å². The molecule has 1 saturated heterocycles. The van der Waals surface area contributed by atoms with Gasteiger partial charge >= 0.3 is 5.97 Å². The van der Waals surface area contributed by atoms with Crippen LogP contribution in [-0.2, 0) is 18.7 Å². The molecule has 1 heterocycles. The molecule has 0 amide bonds. The van der Waals surface area contributed by atoms with Crippen LogP contribution in [0.1, 0.15) is 27.2 Å².